The van der Waals surface area contributed by atoms with Crippen LogP contribution in [0.4, 0.5) is 0 Å². The lowest BCUT2D eigenvalue weighted by Crippen LogP contribution is -2.30. The second kappa shape index (κ2) is 5.82. The van der Waals surface area contributed by atoms with Crippen LogP contribution in [0, 0.1) is 6.92 Å². The average Bonchev–Trinajstić information content (AvgIpc) is 2.92. The van der Waals surface area contributed by atoms with Crippen LogP contribution in [0.2, 0.25) is 5.02 Å². The molecule has 1 N–H and O–H groups in total. The van der Waals surface area contributed by atoms with Crippen LogP contribution in [0.25, 0.3) is 10.1 Å². The molecule has 3 aromatic rings. The highest BCUT2D eigenvalue weighted by Gasteiger charge is 2.26. The molecule has 118 valence electrons. The molecule has 1 aromatic heterocycles. The Balaban J connectivity index is 1.90. The third-order valence-electron chi connectivity index (χ3n) is 4.56. The van der Waals surface area contributed by atoms with E-state index in [1.165, 1.54) is 31.7 Å². The molecule has 0 spiro atoms. The summed E-state index contributed by atoms with van der Waals surface area (Å²) in [5.74, 6) is 0.894. The Morgan fingerprint density at radius 2 is 2.13 bits per heavy atom. The first-order chi connectivity index (χ1) is 11.2. The van der Waals surface area contributed by atoms with Crippen LogP contribution in [0.3, 0.4) is 0 Å². The van der Waals surface area contributed by atoms with E-state index in [0.29, 0.717) is 0 Å². The zero-order valence-electron chi connectivity index (χ0n) is 13.2. The third kappa shape index (κ3) is 2.44. The summed E-state index contributed by atoms with van der Waals surface area (Å²) < 4.78 is 6.67. The Hall–Kier alpha value is -1.55. The summed E-state index contributed by atoms with van der Waals surface area (Å²) in [6.07, 6.45) is 1.04. The summed E-state index contributed by atoms with van der Waals surface area (Å²) >= 11 is 8.56. The van der Waals surface area contributed by atoms with Crippen molar-refractivity contribution in [2.24, 2.45) is 0 Å². The van der Waals surface area contributed by atoms with E-state index in [4.69, 9.17) is 16.3 Å². The smallest absolute Gasteiger partial charge is 0.119 e. The van der Waals surface area contributed by atoms with Gasteiger partial charge in [0.2, 0.25) is 0 Å². The van der Waals surface area contributed by atoms with Crippen LogP contribution in [0.5, 0.6) is 5.75 Å². The molecule has 4 heteroatoms. The molecule has 23 heavy (non-hydrogen) atoms. The molecule has 0 saturated heterocycles. The maximum atomic E-state index is 6.78. The van der Waals surface area contributed by atoms with Crippen LogP contribution in [-0.4, -0.2) is 13.7 Å². The van der Waals surface area contributed by atoms with Gasteiger partial charge in [-0.25, -0.2) is 0 Å². The first kappa shape index (κ1) is 15.0. The van der Waals surface area contributed by atoms with Gasteiger partial charge < -0.3 is 10.1 Å². The summed E-state index contributed by atoms with van der Waals surface area (Å²) in [7, 11) is 1.71. The SMILES string of the molecule is COc1ccc2c(c1)C(c1sc3cccc(C)c3c1Cl)NCC2. The molecule has 1 aliphatic rings. The Labute approximate surface area is 145 Å². The maximum absolute atomic E-state index is 6.78. The molecule has 1 aliphatic heterocycles. The second-order valence-electron chi connectivity index (χ2n) is 5.93. The van der Waals surface area contributed by atoms with Gasteiger partial charge in [0.25, 0.3) is 0 Å². The van der Waals surface area contributed by atoms with Gasteiger partial charge in [-0.3, -0.25) is 0 Å². The van der Waals surface area contributed by atoms with Gasteiger partial charge in [-0.2, -0.15) is 0 Å². The third-order valence-corrected chi connectivity index (χ3v) is 6.28. The van der Waals surface area contributed by atoms with Gasteiger partial charge >= 0.3 is 0 Å². The lowest BCUT2D eigenvalue weighted by molar-refractivity contribution is 0.412. The summed E-state index contributed by atoms with van der Waals surface area (Å²) in [4.78, 5) is 1.20. The molecule has 2 heterocycles. The number of hydrogen-bond donors (Lipinski definition) is 1. The van der Waals surface area contributed by atoms with Gasteiger partial charge in [0.05, 0.1) is 18.2 Å². The lowest BCUT2D eigenvalue weighted by atomic mass is 9.93. The lowest BCUT2D eigenvalue weighted by Gasteiger charge is -2.27. The highest BCUT2D eigenvalue weighted by molar-refractivity contribution is 7.20. The molecule has 1 unspecified atom stereocenters. The van der Waals surface area contributed by atoms with Gasteiger partial charge in [0.15, 0.2) is 0 Å². The van der Waals surface area contributed by atoms with Gasteiger partial charge in [-0.05, 0) is 48.2 Å². The Morgan fingerprint density at radius 1 is 1.26 bits per heavy atom. The fourth-order valence-corrected chi connectivity index (χ4v) is 5.17. The number of rotatable bonds is 2. The van der Waals surface area contributed by atoms with Crippen molar-refractivity contribution in [1.29, 1.82) is 0 Å². The summed E-state index contributed by atoms with van der Waals surface area (Å²) in [6, 6.07) is 12.9. The molecular formula is C19H18ClNOS. The van der Waals surface area contributed by atoms with E-state index in [0.717, 1.165) is 23.7 Å². The largest absolute Gasteiger partial charge is 0.497 e. The normalized spacial score (nSPS) is 17.3. The molecule has 0 amide bonds. The number of benzene rings is 2. The fraction of sp³-hybridized carbons (Fsp3) is 0.263. The van der Waals surface area contributed by atoms with E-state index in [9.17, 15) is 0 Å². The van der Waals surface area contributed by atoms with Gasteiger partial charge in [-0.1, -0.05) is 29.8 Å². The van der Waals surface area contributed by atoms with Crippen molar-refractivity contribution in [3.05, 3.63) is 63.0 Å². The Bertz CT molecular complexity index is 886. The van der Waals surface area contributed by atoms with E-state index in [1.807, 2.05) is 6.07 Å². The van der Waals surface area contributed by atoms with E-state index in [-0.39, 0.29) is 6.04 Å². The first-order valence-corrected chi connectivity index (χ1v) is 8.96. The molecule has 0 saturated carbocycles. The highest BCUT2D eigenvalue weighted by Crippen LogP contribution is 2.44. The second-order valence-corrected chi connectivity index (χ2v) is 7.39. The molecule has 2 aromatic carbocycles. The highest BCUT2D eigenvalue weighted by atomic mass is 35.5. The predicted molar refractivity (Wildman–Crippen MR) is 98.1 cm³/mol. The summed E-state index contributed by atoms with van der Waals surface area (Å²) in [5.41, 5.74) is 3.89. The number of halogens is 1. The minimum Gasteiger partial charge on any atom is -0.497 e. The quantitative estimate of drug-likeness (QED) is 0.698. The van der Waals surface area contributed by atoms with Crippen molar-refractivity contribution in [1.82, 2.24) is 5.32 Å². The van der Waals surface area contributed by atoms with E-state index >= 15 is 0 Å². The predicted octanol–water partition coefficient (Wildman–Crippen LogP) is 5.11. The van der Waals surface area contributed by atoms with Crippen LogP contribution in [-0.2, 0) is 6.42 Å². The van der Waals surface area contributed by atoms with E-state index < -0.39 is 0 Å². The van der Waals surface area contributed by atoms with Crippen molar-refractivity contribution in [3.63, 3.8) is 0 Å². The zero-order chi connectivity index (χ0) is 16.0. The minimum atomic E-state index is 0.137. The number of methoxy groups -OCH3 is 1. The standard InChI is InChI=1S/C19H18ClNOS/c1-11-4-3-5-15-16(11)17(20)19(23-15)18-14-10-13(22-2)7-6-12(14)8-9-21-18/h3-7,10,18,21H,8-9H2,1-2H3. The van der Waals surface area contributed by atoms with Crippen molar-refractivity contribution in [2.45, 2.75) is 19.4 Å². The van der Waals surface area contributed by atoms with E-state index in [1.54, 1.807) is 18.4 Å². The molecule has 0 radical (unpaired) electrons. The first-order valence-electron chi connectivity index (χ1n) is 7.76. The molecule has 0 fully saturated rings. The Morgan fingerprint density at radius 3 is 2.91 bits per heavy atom. The van der Waals surface area contributed by atoms with Crippen molar-refractivity contribution < 1.29 is 4.74 Å². The fourth-order valence-electron chi connectivity index (χ4n) is 3.37. The number of thiophene rings is 1. The Kier molecular flexibility index (Phi) is 3.80. The van der Waals surface area contributed by atoms with Crippen LogP contribution < -0.4 is 10.1 Å². The molecule has 0 bridgehead atoms. The number of nitrogens with one attached hydrogen (secondary N) is 1. The summed E-state index contributed by atoms with van der Waals surface area (Å²) in [6.45, 7) is 3.09. The van der Waals surface area contributed by atoms with Crippen molar-refractivity contribution in [2.75, 3.05) is 13.7 Å². The van der Waals surface area contributed by atoms with Crippen LogP contribution in [0.15, 0.2) is 36.4 Å². The topological polar surface area (TPSA) is 21.3 Å². The monoisotopic (exact) mass is 343 g/mol. The number of fused-ring (bicyclic) bond motifs is 2. The zero-order valence-corrected chi connectivity index (χ0v) is 14.7. The van der Waals surface area contributed by atoms with Crippen LogP contribution >= 0.6 is 22.9 Å². The number of aryl methyl sites for hydroxylation is 1. The van der Waals surface area contributed by atoms with Crippen LogP contribution in [0.1, 0.15) is 27.6 Å². The molecule has 4 rings (SSSR count). The average molecular weight is 344 g/mol. The molecule has 2 nitrogen and oxygen atoms in total. The molecule has 1 atom stereocenters. The number of ether oxygens (including phenoxy) is 1. The minimum absolute atomic E-state index is 0.137. The maximum Gasteiger partial charge on any atom is 0.119 e. The van der Waals surface area contributed by atoms with Gasteiger partial charge in [0, 0.05) is 21.5 Å². The van der Waals surface area contributed by atoms with E-state index in [2.05, 4.69) is 42.6 Å². The van der Waals surface area contributed by atoms with Crippen molar-refractivity contribution >= 4 is 33.0 Å². The molecular weight excluding hydrogens is 326 g/mol. The summed E-state index contributed by atoms with van der Waals surface area (Å²) in [5, 5.41) is 5.71. The van der Waals surface area contributed by atoms with Gasteiger partial charge in [-0.15, -0.1) is 11.3 Å². The van der Waals surface area contributed by atoms with Gasteiger partial charge in [0.1, 0.15) is 5.75 Å². The number of hydrogen-bond acceptors (Lipinski definition) is 3. The molecule has 0 aliphatic carbocycles. The van der Waals surface area contributed by atoms with Crippen molar-refractivity contribution in [3.8, 4) is 5.75 Å².